The Labute approximate surface area is 120 Å². The van der Waals surface area contributed by atoms with Crippen LogP contribution in [-0.4, -0.2) is 25.4 Å². The number of aromatic amines is 3. The molecule has 5 nitrogen and oxygen atoms in total. The van der Waals surface area contributed by atoms with E-state index in [2.05, 4.69) is 39.5 Å². The van der Waals surface area contributed by atoms with Crippen LogP contribution in [0.25, 0.3) is 33.2 Å². The number of hydrogen-bond donors (Lipinski definition) is 3. The summed E-state index contributed by atoms with van der Waals surface area (Å²) in [4.78, 5) is 4.89. The van der Waals surface area contributed by atoms with Crippen LogP contribution in [0.5, 0.6) is 0 Å². The molecule has 0 spiro atoms. The van der Waals surface area contributed by atoms with Crippen LogP contribution in [0.1, 0.15) is 23.2 Å². The average molecular weight is 277 g/mol. The molecule has 0 bridgehead atoms. The van der Waals surface area contributed by atoms with Gasteiger partial charge in [0.2, 0.25) is 0 Å². The zero-order valence-electron chi connectivity index (χ0n) is 11.7. The van der Waals surface area contributed by atoms with Gasteiger partial charge in [0.1, 0.15) is 5.69 Å². The van der Waals surface area contributed by atoms with Crippen LogP contribution in [0.4, 0.5) is 0 Å². The van der Waals surface area contributed by atoms with Gasteiger partial charge in [-0.3, -0.25) is 5.10 Å². The first-order valence-corrected chi connectivity index (χ1v) is 7.33. The summed E-state index contributed by atoms with van der Waals surface area (Å²) in [7, 11) is 0. The number of H-pyrrole nitrogens is 3. The van der Waals surface area contributed by atoms with Gasteiger partial charge in [0.25, 0.3) is 0 Å². The van der Waals surface area contributed by atoms with Crippen molar-refractivity contribution in [2.24, 2.45) is 0 Å². The van der Waals surface area contributed by atoms with Crippen molar-refractivity contribution in [2.75, 3.05) is 0 Å². The van der Waals surface area contributed by atoms with Crippen LogP contribution in [0.2, 0.25) is 0 Å². The zero-order valence-corrected chi connectivity index (χ0v) is 11.7. The summed E-state index contributed by atoms with van der Waals surface area (Å²) in [6, 6.07) is 4.35. The van der Waals surface area contributed by atoms with E-state index in [-0.39, 0.29) is 0 Å². The third-order valence-electron chi connectivity index (χ3n) is 4.60. The van der Waals surface area contributed by atoms with E-state index >= 15 is 0 Å². The van der Waals surface area contributed by atoms with Gasteiger partial charge in [-0.2, -0.15) is 5.10 Å². The van der Waals surface area contributed by atoms with Gasteiger partial charge in [0.15, 0.2) is 0 Å². The largest absolute Gasteiger partial charge is 0.307 e. The van der Waals surface area contributed by atoms with Crippen molar-refractivity contribution in [3.8, 4) is 11.4 Å². The van der Waals surface area contributed by atoms with Gasteiger partial charge < -0.3 is 10.2 Å². The van der Waals surface area contributed by atoms with E-state index in [9.17, 15) is 0 Å². The lowest BCUT2D eigenvalue weighted by Gasteiger charge is -1.98. The highest BCUT2D eigenvalue weighted by Crippen LogP contribution is 2.37. The fraction of sp³-hybridized carbons (Fsp3) is 0.250. The summed E-state index contributed by atoms with van der Waals surface area (Å²) < 4.78 is 0. The minimum Gasteiger partial charge on any atom is -0.307 e. The Balaban J connectivity index is 1.89. The van der Waals surface area contributed by atoms with E-state index in [4.69, 9.17) is 4.98 Å². The number of nitrogens with one attached hydrogen (secondary N) is 3. The minimum atomic E-state index is 1.05. The van der Waals surface area contributed by atoms with E-state index < -0.39 is 0 Å². The molecular formula is C16H15N5. The molecule has 0 fully saturated rings. The molecule has 104 valence electrons. The Kier molecular flexibility index (Phi) is 1.99. The standard InChI is InChI=1S/C16H15N5/c1-8-10-3-2-4-11-12-6-13-9(7-17-20-13)5-14(12)18-15(11)16(10)21-19-8/h5-7,17,20H,2-4H2,1H3,(H,19,21). The smallest absolute Gasteiger partial charge is 0.114 e. The second-order valence-corrected chi connectivity index (χ2v) is 5.84. The van der Waals surface area contributed by atoms with Crippen molar-refractivity contribution < 1.29 is 0 Å². The average Bonchev–Trinajstić information content (AvgIpc) is 3.13. The van der Waals surface area contributed by atoms with Crippen molar-refractivity contribution in [3.05, 3.63) is 35.2 Å². The van der Waals surface area contributed by atoms with Crippen LogP contribution in [-0.2, 0) is 12.8 Å². The lowest BCUT2D eigenvalue weighted by molar-refractivity contribution is 0.832. The second-order valence-electron chi connectivity index (χ2n) is 5.84. The lowest BCUT2D eigenvalue weighted by atomic mass is 10.1. The number of rotatable bonds is 0. The number of benzene rings is 1. The molecule has 3 aromatic heterocycles. The van der Waals surface area contributed by atoms with Crippen LogP contribution >= 0.6 is 0 Å². The molecule has 3 heterocycles. The third-order valence-corrected chi connectivity index (χ3v) is 4.60. The van der Waals surface area contributed by atoms with E-state index in [1.807, 2.05) is 6.20 Å². The van der Waals surface area contributed by atoms with Crippen molar-refractivity contribution in [3.63, 3.8) is 0 Å². The topological polar surface area (TPSA) is 73.2 Å². The molecule has 5 heteroatoms. The van der Waals surface area contributed by atoms with E-state index in [0.29, 0.717) is 0 Å². The third kappa shape index (κ3) is 1.40. The number of fused-ring (bicyclic) bond motifs is 6. The van der Waals surface area contributed by atoms with Gasteiger partial charge >= 0.3 is 0 Å². The van der Waals surface area contributed by atoms with E-state index in [0.717, 1.165) is 47.1 Å². The summed E-state index contributed by atoms with van der Waals surface area (Å²) >= 11 is 0. The predicted molar refractivity (Wildman–Crippen MR) is 82.3 cm³/mol. The molecule has 5 rings (SSSR count). The molecule has 0 radical (unpaired) electrons. The van der Waals surface area contributed by atoms with E-state index in [1.165, 1.54) is 22.2 Å². The molecule has 0 amide bonds. The fourth-order valence-electron chi connectivity index (χ4n) is 3.52. The van der Waals surface area contributed by atoms with Gasteiger partial charge in [-0.15, -0.1) is 0 Å². The summed E-state index contributed by atoms with van der Waals surface area (Å²) in [6.07, 6.45) is 5.26. The van der Waals surface area contributed by atoms with Crippen molar-refractivity contribution >= 4 is 21.8 Å². The molecule has 0 saturated carbocycles. The van der Waals surface area contributed by atoms with E-state index in [1.54, 1.807) is 0 Å². The summed E-state index contributed by atoms with van der Waals surface area (Å²) in [5.74, 6) is 0. The fourth-order valence-corrected chi connectivity index (χ4v) is 3.52. The Bertz CT molecular complexity index is 985. The highest BCUT2D eigenvalue weighted by Gasteiger charge is 2.23. The van der Waals surface area contributed by atoms with Gasteiger partial charge in [0.05, 0.1) is 16.7 Å². The first-order chi connectivity index (χ1) is 10.3. The molecule has 0 saturated heterocycles. The Morgan fingerprint density at radius 2 is 2.00 bits per heavy atom. The maximum absolute atomic E-state index is 4.89. The van der Waals surface area contributed by atoms with Crippen LogP contribution in [0.3, 0.4) is 0 Å². The van der Waals surface area contributed by atoms with Gasteiger partial charge in [0, 0.05) is 28.2 Å². The lowest BCUT2D eigenvalue weighted by Crippen LogP contribution is -1.87. The number of aryl methyl sites for hydroxylation is 2. The molecule has 1 aliphatic carbocycles. The van der Waals surface area contributed by atoms with Crippen LogP contribution in [0, 0.1) is 6.92 Å². The summed E-state index contributed by atoms with van der Waals surface area (Å²) in [5, 5.41) is 16.3. The summed E-state index contributed by atoms with van der Waals surface area (Å²) in [6.45, 7) is 2.10. The Hall–Kier alpha value is -2.56. The molecule has 0 aliphatic heterocycles. The molecule has 0 atom stereocenters. The van der Waals surface area contributed by atoms with Crippen LogP contribution in [0.15, 0.2) is 18.3 Å². The quantitative estimate of drug-likeness (QED) is 0.461. The SMILES string of the molecule is Cc1[nH]nc2c1CCCc1c-2nc2cc3c[nH][nH]c3cc12. The minimum absolute atomic E-state index is 1.05. The van der Waals surface area contributed by atoms with Crippen molar-refractivity contribution in [1.29, 1.82) is 0 Å². The first kappa shape index (κ1) is 11.1. The summed E-state index contributed by atoms with van der Waals surface area (Å²) in [5.41, 5.74) is 8.15. The molecule has 3 N–H and O–H groups in total. The number of hydrogen-bond acceptors (Lipinski definition) is 2. The van der Waals surface area contributed by atoms with Gasteiger partial charge in [-0.05, 0) is 43.9 Å². The highest BCUT2D eigenvalue weighted by molar-refractivity contribution is 5.99. The predicted octanol–water partition coefficient (Wildman–Crippen LogP) is 3.23. The highest BCUT2D eigenvalue weighted by atomic mass is 15.1. The van der Waals surface area contributed by atoms with Crippen LogP contribution < -0.4 is 0 Å². The van der Waals surface area contributed by atoms with Gasteiger partial charge in [-0.25, -0.2) is 4.98 Å². The van der Waals surface area contributed by atoms with Crippen molar-refractivity contribution in [2.45, 2.75) is 26.2 Å². The first-order valence-electron chi connectivity index (χ1n) is 7.33. The Morgan fingerprint density at radius 3 is 2.95 bits per heavy atom. The monoisotopic (exact) mass is 277 g/mol. The molecule has 0 unspecified atom stereocenters. The normalized spacial score (nSPS) is 14.3. The maximum Gasteiger partial charge on any atom is 0.114 e. The molecule has 1 aromatic carbocycles. The molecule has 21 heavy (non-hydrogen) atoms. The van der Waals surface area contributed by atoms with Gasteiger partial charge in [-0.1, -0.05) is 0 Å². The van der Waals surface area contributed by atoms with Crippen molar-refractivity contribution in [1.82, 2.24) is 25.4 Å². The maximum atomic E-state index is 4.89. The Morgan fingerprint density at radius 1 is 1.10 bits per heavy atom. The second kappa shape index (κ2) is 3.75. The molecule has 1 aliphatic rings. The number of aromatic nitrogens is 5. The molecular weight excluding hydrogens is 262 g/mol. The number of nitrogens with zero attached hydrogens (tertiary/aromatic N) is 2. The molecule has 4 aromatic rings. The zero-order chi connectivity index (χ0) is 14.0.